The summed E-state index contributed by atoms with van der Waals surface area (Å²) in [5.41, 5.74) is 1.59. The highest BCUT2D eigenvalue weighted by Gasteiger charge is 2.31. The highest BCUT2D eigenvalue weighted by Crippen LogP contribution is 2.24. The molecular weight excluding hydrogens is 447 g/mol. The second-order valence-electron chi connectivity index (χ2n) is 7.88. The van der Waals surface area contributed by atoms with Gasteiger partial charge in [0.05, 0.1) is 0 Å². The van der Waals surface area contributed by atoms with Gasteiger partial charge < -0.3 is 19.5 Å². The zero-order chi connectivity index (χ0) is 24.7. The van der Waals surface area contributed by atoms with E-state index in [0.717, 1.165) is 17.7 Å². The number of amides is 2. The van der Waals surface area contributed by atoms with E-state index < -0.39 is 18.0 Å². The molecule has 3 rings (SSSR count). The molecule has 0 aliphatic carbocycles. The van der Waals surface area contributed by atoms with Crippen molar-refractivity contribution in [3.05, 3.63) is 89.7 Å². The minimum Gasteiger partial charge on any atom is -0.406 e. The second kappa shape index (κ2) is 10.9. The topological polar surface area (TPSA) is 63.6 Å². The number of carbonyl (C=O) groups is 2. The lowest BCUT2D eigenvalue weighted by Gasteiger charge is -2.29. The third-order valence-electron chi connectivity index (χ3n) is 5.44. The third-order valence-corrected chi connectivity index (χ3v) is 5.44. The van der Waals surface area contributed by atoms with Gasteiger partial charge in [-0.25, -0.2) is 0 Å². The predicted molar refractivity (Wildman–Crippen MR) is 122 cm³/mol. The normalized spacial score (nSPS) is 12.1. The van der Waals surface area contributed by atoms with E-state index in [-0.39, 0.29) is 17.5 Å². The Morgan fingerprint density at radius 1 is 1.06 bits per heavy atom. The molecule has 0 bridgehead atoms. The van der Waals surface area contributed by atoms with Crippen LogP contribution in [0.3, 0.4) is 0 Å². The van der Waals surface area contributed by atoms with Crippen molar-refractivity contribution in [2.45, 2.75) is 25.2 Å². The first-order valence-corrected chi connectivity index (χ1v) is 10.7. The van der Waals surface area contributed by atoms with E-state index in [4.69, 9.17) is 0 Å². The number of aryl methyl sites for hydroxylation is 1. The molecular formula is C25H26F3N3O3. The zero-order valence-corrected chi connectivity index (χ0v) is 18.9. The van der Waals surface area contributed by atoms with Crippen LogP contribution in [0.2, 0.25) is 0 Å². The van der Waals surface area contributed by atoms with Gasteiger partial charge in [-0.05, 0) is 48.7 Å². The maximum absolute atomic E-state index is 13.1. The monoisotopic (exact) mass is 473 g/mol. The summed E-state index contributed by atoms with van der Waals surface area (Å²) in [7, 11) is 3.38. The van der Waals surface area contributed by atoms with Crippen molar-refractivity contribution in [1.82, 2.24) is 14.8 Å². The van der Waals surface area contributed by atoms with Gasteiger partial charge in [0, 0.05) is 38.4 Å². The molecule has 0 saturated carbocycles. The molecule has 1 heterocycles. The Labute approximate surface area is 195 Å². The molecule has 0 aliphatic rings. The SMILES string of the molecule is CN(C(=O)c1cccc(OC(F)(F)F)c1)C(CCNC(=O)c1cccn1C)Cc1ccccc1. The molecule has 2 aromatic carbocycles. The van der Waals surface area contributed by atoms with Crippen molar-refractivity contribution in [3.8, 4) is 5.75 Å². The lowest BCUT2D eigenvalue weighted by Crippen LogP contribution is -2.41. The van der Waals surface area contributed by atoms with Crippen molar-refractivity contribution < 1.29 is 27.5 Å². The van der Waals surface area contributed by atoms with E-state index in [2.05, 4.69) is 10.1 Å². The minimum absolute atomic E-state index is 0.0788. The van der Waals surface area contributed by atoms with Gasteiger partial charge in [0.1, 0.15) is 11.4 Å². The number of nitrogens with one attached hydrogen (secondary N) is 1. The Hall–Kier alpha value is -3.75. The summed E-state index contributed by atoms with van der Waals surface area (Å²) in [6.45, 7) is 0.316. The van der Waals surface area contributed by atoms with Crippen LogP contribution < -0.4 is 10.1 Å². The number of likely N-dealkylation sites (N-methyl/N-ethyl adjacent to an activating group) is 1. The fourth-order valence-electron chi connectivity index (χ4n) is 3.65. The van der Waals surface area contributed by atoms with Crippen molar-refractivity contribution >= 4 is 11.8 Å². The number of aromatic nitrogens is 1. The molecule has 0 aliphatic heterocycles. The molecule has 0 spiro atoms. The Kier molecular flexibility index (Phi) is 7.99. The number of ether oxygens (including phenoxy) is 1. The average Bonchev–Trinajstić information content (AvgIpc) is 3.23. The molecule has 0 radical (unpaired) electrons. The summed E-state index contributed by atoms with van der Waals surface area (Å²) in [4.78, 5) is 27.0. The molecule has 2 amide bonds. The molecule has 0 fully saturated rings. The van der Waals surface area contributed by atoms with E-state index in [0.29, 0.717) is 25.1 Å². The Bertz CT molecular complexity index is 1110. The van der Waals surface area contributed by atoms with Crippen molar-refractivity contribution in [2.24, 2.45) is 7.05 Å². The fourth-order valence-corrected chi connectivity index (χ4v) is 3.65. The summed E-state index contributed by atoms with van der Waals surface area (Å²) in [6.07, 6.45) is -2.11. The zero-order valence-electron chi connectivity index (χ0n) is 18.9. The van der Waals surface area contributed by atoms with Gasteiger partial charge >= 0.3 is 6.36 Å². The highest BCUT2D eigenvalue weighted by molar-refractivity contribution is 5.94. The average molecular weight is 473 g/mol. The number of halogens is 3. The number of hydrogen-bond acceptors (Lipinski definition) is 3. The van der Waals surface area contributed by atoms with E-state index >= 15 is 0 Å². The first-order valence-electron chi connectivity index (χ1n) is 10.7. The Morgan fingerprint density at radius 3 is 2.44 bits per heavy atom. The van der Waals surface area contributed by atoms with Gasteiger partial charge in [0.15, 0.2) is 0 Å². The predicted octanol–water partition coefficient (Wildman–Crippen LogP) is 4.43. The molecule has 1 atom stereocenters. The standard InChI is InChI=1S/C25H26F3N3O3/c1-30-15-7-12-22(30)23(32)29-14-13-20(16-18-8-4-3-5-9-18)31(2)24(33)19-10-6-11-21(17-19)34-25(26,27)28/h3-12,15,17,20H,13-14,16H2,1-2H3,(H,29,32). The van der Waals surface area contributed by atoms with E-state index in [1.54, 1.807) is 37.0 Å². The van der Waals surface area contributed by atoms with E-state index in [1.165, 1.54) is 17.0 Å². The number of carbonyl (C=O) groups excluding carboxylic acids is 2. The van der Waals surface area contributed by atoms with E-state index in [9.17, 15) is 22.8 Å². The molecule has 1 N–H and O–H groups in total. The number of rotatable bonds is 9. The van der Waals surface area contributed by atoms with Crippen LogP contribution in [0.15, 0.2) is 72.9 Å². The van der Waals surface area contributed by atoms with Crippen molar-refractivity contribution in [2.75, 3.05) is 13.6 Å². The smallest absolute Gasteiger partial charge is 0.406 e. The molecule has 34 heavy (non-hydrogen) atoms. The molecule has 1 aromatic heterocycles. The molecule has 1 unspecified atom stereocenters. The van der Waals surface area contributed by atoms with Crippen LogP contribution in [0.1, 0.15) is 32.8 Å². The molecule has 9 heteroatoms. The number of hydrogen-bond donors (Lipinski definition) is 1. The van der Waals surface area contributed by atoms with Crippen molar-refractivity contribution in [1.29, 1.82) is 0 Å². The third kappa shape index (κ3) is 6.87. The summed E-state index contributed by atoms with van der Waals surface area (Å²) in [5.74, 6) is -1.12. The summed E-state index contributed by atoms with van der Waals surface area (Å²) in [5, 5.41) is 2.87. The molecule has 6 nitrogen and oxygen atoms in total. The first-order chi connectivity index (χ1) is 16.1. The Morgan fingerprint density at radius 2 is 1.79 bits per heavy atom. The lowest BCUT2D eigenvalue weighted by molar-refractivity contribution is -0.274. The van der Waals surface area contributed by atoms with Crippen LogP contribution in [0.5, 0.6) is 5.75 Å². The summed E-state index contributed by atoms with van der Waals surface area (Å²) in [6, 6.07) is 17.7. The van der Waals surface area contributed by atoms with Gasteiger partial charge in [-0.1, -0.05) is 36.4 Å². The van der Waals surface area contributed by atoms with Gasteiger partial charge in [-0.2, -0.15) is 0 Å². The minimum atomic E-state index is -4.85. The summed E-state index contributed by atoms with van der Waals surface area (Å²) >= 11 is 0. The maximum atomic E-state index is 13.1. The maximum Gasteiger partial charge on any atom is 0.573 e. The van der Waals surface area contributed by atoms with Crippen LogP contribution >= 0.6 is 0 Å². The highest BCUT2D eigenvalue weighted by atomic mass is 19.4. The number of alkyl halides is 3. The number of nitrogens with zero attached hydrogens (tertiary/aromatic N) is 2. The quantitative estimate of drug-likeness (QED) is 0.500. The molecule has 180 valence electrons. The van der Waals surface area contributed by atoms with Crippen LogP contribution in [-0.4, -0.2) is 47.3 Å². The molecule has 0 saturated heterocycles. The van der Waals surface area contributed by atoms with Crippen LogP contribution in [0, 0.1) is 0 Å². The summed E-state index contributed by atoms with van der Waals surface area (Å²) < 4.78 is 43.4. The largest absolute Gasteiger partial charge is 0.573 e. The Balaban J connectivity index is 1.73. The van der Waals surface area contributed by atoms with Crippen LogP contribution in [0.4, 0.5) is 13.2 Å². The van der Waals surface area contributed by atoms with Gasteiger partial charge in [-0.15, -0.1) is 13.2 Å². The van der Waals surface area contributed by atoms with Crippen LogP contribution in [-0.2, 0) is 13.5 Å². The number of benzene rings is 2. The van der Waals surface area contributed by atoms with Gasteiger partial charge in [0.2, 0.25) is 0 Å². The second-order valence-corrected chi connectivity index (χ2v) is 7.88. The van der Waals surface area contributed by atoms with Gasteiger partial charge in [-0.3, -0.25) is 9.59 Å². The molecule has 3 aromatic rings. The first kappa shape index (κ1) is 24.9. The van der Waals surface area contributed by atoms with Crippen molar-refractivity contribution in [3.63, 3.8) is 0 Å². The van der Waals surface area contributed by atoms with Crippen LogP contribution in [0.25, 0.3) is 0 Å². The van der Waals surface area contributed by atoms with E-state index in [1.807, 2.05) is 30.3 Å². The fraction of sp³-hybridized carbons (Fsp3) is 0.280. The van der Waals surface area contributed by atoms with Gasteiger partial charge in [0.25, 0.3) is 11.8 Å². The lowest BCUT2D eigenvalue weighted by atomic mass is 10.0.